The summed E-state index contributed by atoms with van der Waals surface area (Å²) >= 11 is 0. The van der Waals surface area contributed by atoms with Crippen molar-refractivity contribution in [2.24, 2.45) is 7.05 Å². The van der Waals surface area contributed by atoms with E-state index in [0.717, 1.165) is 44.2 Å². The third kappa shape index (κ3) is 7.04. The van der Waals surface area contributed by atoms with Crippen LogP contribution in [-0.2, 0) is 20.0 Å². The van der Waals surface area contributed by atoms with Crippen LogP contribution in [0.1, 0.15) is 67.7 Å². The van der Waals surface area contributed by atoms with Gasteiger partial charge in [0.05, 0.1) is 12.3 Å². The molecule has 1 heterocycles. The molecule has 158 valence electrons. The van der Waals surface area contributed by atoms with Gasteiger partial charge in [-0.15, -0.1) is 0 Å². The van der Waals surface area contributed by atoms with Crippen LogP contribution < -0.4 is 10.1 Å². The number of aryl methyl sites for hydroxylation is 2. The molecule has 5 nitrogen and oxygen atoms in total. The second kappa shape index (κ2) is 12.0. The van der Waals surface area contributed by atoms with Crippen LogP contribution in [-0.4, -0.2) is 22.3 Å². The van der Waals surface area contributed by atoms with E-state index in [1.807, 2.05) is 6.92 Å². The quantitative estimate of drug-likeness (QED) is 0.404. The number of unbranched alkanes of at least 4 members (excludes halogenated alkanes) is 3. The number of amides is 1. The van der Waals surface area contributed by atoms with E-state index in [-0.39, 0.29) is 18.2 Å². The monoisotopic (exact) mass is 401 g/mol. The zero-order valence-corrected chi connectivity index (χ0v) is 17.7. The molecular weight excluding hydrogens is 369 g/mol. The second-order valence-electron chi connectivity index (χ2n) is 7.01. The Labute approximate surface area is 173 Å². The lowest BCUT2D eigenvalue weighted by Crippen LogP contribution is -2.25. The van der Waals surface area contributed by atoms with E-state index in [1.54, 1.807) is 36.0 Å². The molecule has 0 bridgehead atoms. The number of rotatable bonds is 12. The standard InChI is InChI=1S/C23H32FN3O2/c1-4-6-7-8-9-10-11-15-29-21-14-12-13-18(22(21)24)17-25-23(28)20-16-19(5-2)26-27(20)3/h7-8,12-14,16H,4-6,9-11,15,17H2,1-3H3,(H,25,28). The van der Waals surface area contributed by atoms with Crippen LogP contribution >= 0.6 is 0 Å². The molecule has 0 radical (unpaired) electrons. The Hall–Kier alpha value is -2.63. The molecule has 2 aromatic rings. The predicted octanol–water partition coefficient (Wildman–Crippen LogP) is 4.96. The summed E-state index contributed by atoms with van der Waals surface area (Å²) in [7, 11) is 1.72. The third-order valence-electron chi connectivity index (χ3n) is 4.65. The largest absolute Gasteiger partial charge is 0.491 e. The molecule has 1 N–H and O–H groups in total. The summed E-state index contributed by atoms with van der Waals surface area (Å²) in [5, 5.41) is 7.02. The van der Waals surface area contributed by atoms with Gasteiger partial charge in [0.1, 0.15) is 5.69 Å². The smallest absolute Gasteiger partial charge is 0.269 e. The maximum absolute atomic E-state index is 14.7. The van der Waals surface area contributed by atoms with Crippen molar-refractivity contribution in [3.63, 3.8) is 0 Å². The van der Waals surface area contributed by atoms with Crippen LogP contribution in [0.5, 0.6) is 5.75 Å². The minimum absolute atomic E-state index is 0.0940. The molecule has 0 unspecified atom stereocenters. The number of allylic oxidation sites excluding steroid dienone is 2. The summed E-state index contributed by atoms with van der Waals surface area (Å²) < 4.78 is 21.8. The van der Waals surface area contributed by atoms with Crippen molar-refractivity contribution in [3.05, 3.63) is 59.2 Å². The van der Waals surface area contributed by atoms with Crippen LogP contribution in [0.25, 0.3) is 0 Å². The SMILES string of the molecule is CCCC=CCCCCOc1cccc(CNC(=O)c2cc(CC)nn2C)c1F. The summed E-state index contributed by atoms with van der Waals surface area (Å²) in [6.45, 7) is 4.71. The van der Waals surface area contributed by atoms with Crippen molar-refractivity contribution in [1.82, 2.24) is 15.1 Å². The fraction of sp³-hybridized carbons (Fsp3) is 0.478. The molecule has 1 aromatic carbocycles. The van der Waals surface area contributed by atoms with Gasteiger partial charge >= 0.3 is 0 Å². The highest BCUT2D eigenvalue weighted by molar-refractivity contribution is 5.92. The summed E-state index contributed by atoms with van der Waals surface area (Å²) in [6, 6.07) is 6.77. The molecule has 0 aliphatic heterocycles. The van der Waals surface area contributed by atoms with Crippen molar-refractivity contribution in [2.75, 3.05) is 6.61 Å². The molecule has 0 atom stereocenters. The van der Waals surface area contributed by atoms with Crippen LogP contribution in [0.4, 0.5) is 4.39 Å². The molecule has 1 aromatic heterocycles. The van der Waals surface area contributed by atoms with E-state index < -0.39 is 5.82 Å². The Morgan fingerprint density at radius 3 is 2.76 bits per heavy atom. The van der Waals surface area contributed by atoms with Gasteiger partial charge in [-0.1, -0.05) is 44.6 Å². The lowest BCUT2D eigenvalue weighted by molar-refractivity contribution is 0.0941. The first-order chi connectivity index (χ1) is 14.1. The van der Waals surface area contributed by atoms with Crippen molar-refractivity contribution >= 4 is 5.91 Å². The highest BCUT2D eigenvalue weighted by Gasteiger charge is 2.14. The topological polar surface area (TPSA) is 56.1 Å². The van der Waals surface area contributed by atoms with Crippen molar-refractivity contribution in [3.8, 4) is 5.75 Å². The number of benzene rings is 1. The third-order valence-corrected chi connectivity index (χ3v) is 4.65. The number of carbonyl (C=O) groups excluding carboxylic acids is 1. The second-order valence-corrected chi connectivity index (χ2v) is 7.01. The molecule has 1 amide bonds. The fourth-order valence-corrected chi connectivity index (χ4v) is 2.93. The van der Waals surface area contributed by atoms with Gasteiger partial charge in [0.25, 0.3) is 5.91 Å². The van der Waals surface area contributed by atoms with E-state index in [2.05, 4.69) is 29.5 Å². The van der Waals surface area contributed by atoms with E-state index >= 15 is 0 Å². The Kier molecular flexibility index (Phi) is 9.41. The molecule has 0 saturated heterocycles. The number of carbonyl (C=O) groups is 1. The zero-order chi connectivity index (χ0) is 21.1. The molecular formula is C23H32FN3O2. The van der Waals surface area contributed by atoms with E-state index in [4.69, 9.17) is 4.74 Å². The Bertz CT molecular complexity index is 814. The molecule has 0 aliphatic rings. The van der Waals surface area contributed by atoms with Gasteiger partial charge in [-0.25, -0.2) is 4.39 Å². The normalized spacial score (nSPS) is 11.2. The first-order valence-corrected chi connectivity index (χ1v) is 10.4. The van der Waals surface area contributed by atoms with Crippen molar-refractivity contribution < 1.29 is 13.9 Å². The molecule has 6 heteroatoms. The van der Waals surface area contributed by atoms with E-state index in [0.29, 0.717) is 17.9 Å². The Morgan fingerprint density at radius 1 is 1.24 bits per heavy atom. The number of nitrogens with one attached hydrogen (secondary N) is 1. The van der Waals surface area contributed by atoms with Crippen LogP contribution in [0.3, 0.4) is 0 Å². The number of nitrogens with zero attached hydrogens (tertiary/aromatic N) is 2. The average Bonchev–Trinajstić information content (AvgIpc) is 3.11. The first kappa shape index (κ1) is 22.7. The first-order valence-electron chi connectivity index (χ1n) is 10.4. The highest BCUT2D eigenvalue weighted by Crippen LogP contribution is 2.21. The maximum Gasteiger partial charge on any atom is 0.269 e. The van der Waals surface area contributed by atoms with Crippen molar-refractivity contribution in [1.29, 1.82) is 0 Å². The number of ether oxygens (including phenoxy) is 1. The lowest BCUT2D eigenvalue weighted by Gasteiger charge is -2.11. The summed E-state index contributed by atoms with van der Waals surface area (Å²) in [5.74, 6) is -0.469. The summed E-state index contributed by atoms with van der Waals surface area (Å²) in [6.07, 6.45) is 10.3. The average molecular weight is 402 g/mol. The van der Waals surface area contributed by atoms with Gasteiger partial charge in [-0.05, 0) is 44.2 Å². The highest BCUT2D eigenvalue weighted by atomic mass is 19.1. The van der Waals surface area contributed by atoms with Gasteiger partial charge in [-0.3, -0.25) is 9.48 Å². The number of hydrogen-bond acceptors (Lipinski definition) is 3. The van der Waals surface area contributed by atoms with Crippen LogP contribution in [0, 0.1) is 5.82 Å². The van der Waals surface area contributed by atoms with Crippen LogP contribution in [0.15, 0.2) is 36.4 Å². The van der Waals surface area contributed by atoms with Gasteiger partial charge in [0, 0.05) is 19.2 Å². The fourth-order valence-electron chi connectivity index (χ4n) is 2.93. The minimum atomic E-state index is -0.421. The Balaban J connectivity index is 1.83. The number of halogens is 1. The molecule has 0 fully saturated rings. The van der Waals surface area contributed by atoms with E-state index in [1.165, 1.54) is 0 Å². The zero-order valence-electron chi connectivity index (χ0n) is 17.7. The number of hydrogen-bond donors (Lipinski definition) is 1. The molecule has 29 heavy (non-hydrogen) atoms. The van der Waals surface area contributed by atoms with Gasteiger partial charge < -0.3 is 10.1 Å². The molecule has 0 saturated carbocycles. The Morgan fingerprint density at radius 2 is 2.03 bits per heavy atom. The van der Waals surface area contributed by atoms with E-state index in [9.17, 15) is 9.18 Å². The minimum Gasteiger partial charge on any atom is -0.491 e. The molecule has 0 aliphatic carbocycles. The van der Waals surface area contributed by atoms with Crippen LogP contribution in [0.2, 0.25) is 0 Å². The summed E-state index contributed by atoms with van der Waals surface area (Å²) in [4.78, 5) is 12.4. The molecule has 2 rings (SSSR count). The maximum atomic E-state index is 14.7. The van der Waals surface area contributed by atoms with Gasteiger partial charge in [0.15, 0.2) is 11.6 Å². The van der Waals surface area contributed by atoms with Gasteiger partial charge in [0.2, 0.25) is 0 Å². The lowest BCUT2D eigenvalue weighted by atomic mass is 10.2. The van der Waals surface area contributed by atoms with Crippen molar-refractivity contribution in [2.45, 2.75) is 58.9 Å². The van der Waals surface area contributed by atoms with Gasteiger partial charge in [-0.2, -0.15) is 5.10 Å². The molecule has 0 spiro atoms. The summed E-state index contributed by atoms with van der Waals surface area (Å²) in [5.41, 5.74) is 1.71. The number of aromatic nitrogens is 2. The predicted molar refractivity (Wildman–Crippen MR) is 114 cm³/mol.